The van der Waals surface area contributed by atoms with E-state index in [9.17, 15) is 19.2 Å². The highest BCUT2D eigenvalue weighted by Crippen LogP contribution is 2.59. The highest BCUT2D eigenvalue weighted by molar-refractivity contribution is 6.45. The van der Waals surface area contributed by atoms with Gasteiger partial charge in [0.2, 0.25) is 0 Å². The van der Waals surface area contributed by atoms with Gasteiger partial charge in [0.05, 0.1) is 61.2 Å². The molecule has 13 rings (SSSR count). The zero-order valence-corrected chi connectivity index (χ0v) is 62.4. The maximum absolute atomic E-state index is 16.1. The van der Waals surface area contributed by atoms with Crippen LogP contribution in [0.15, 0.2) is 121 Å². The molecule has 2 fully saturated rings. The molecule has 9 aromatic rings. The van der Waals surface area contributed by atoms with E-state index in [0.717, 1.165) is 46.5 Å². The highest BCUT2D eigenvalue weighted by Gasteiger charge is 2.51. The van der Waals surface area contributed by atoms with Crippen molar-refractivity contribution in [1.29, 1.82) is 0 Å². The number of hydrogen-bond donors (Lipinski definition) is 0. The second-order valence-corrected chi connectivity index (χ2v) is 31.9. The number of rotatable bonds is 24. The molecule has 9 aromatic carbocycles. The predicted octanol–water partition coefficient (Wildman–Crippen LogP) is 17.7. The lowest BCUT2D eigenvalue weighted by atomic mass is 9.80. The average molecular weight is 1520 g/mol. The Morgan fingerprint density at radius 3 is 0.818 bits per heavy atom. The smallest absolute Gasteiger partial charge is 0.391 e. The van der Waals surface area contributed by atoms with Crippen molar-refractivity contribution < 1.29 is 112 Å². The second-order valence-electron chi connectivity index (χ2n) is 31.9. The van der Waals surface area contributed by atoms with Gasteiger partial charge in [0, 0.05) is 43.1 Å². The van der Waals surface area contributed by atoms with Crippen LogP contribution in [0.3, 0.4) is 0 Å². The number of ether oxygens (including phenoxy) is 10. The first-order valence-corrected chi connectivity index (χ1v) is 35.9. The van der Waals surface area contributed by atoms with Gasteiger partial charge in [-0.15, -0.1) is 0 Å². The molecule has 4 atom stereocenters. The molecule has 0 radical (unpaired) electrons. The minimum atomic E-state index is -5.28. The lowest BCUT2D eigenvalue weighted by molar-refractivity contribution is -0.168. The van der Waals surface area contributed by atoms with Crippen LogP contribution < -0.4 is 18.9 Å². The number of nitrogens with zero attached hydrogens (tertiary/aromatic N) is 2. The van der Waals surface area contributed by atoms with E-state index in [1.54, 1.807) is 97.1 Å². The molecule has 0 bridgehead atoms. The number of esters is 4. The quantitative estimate of drug-likeness (QED) is 0.0104. The maximum atomic E-state index is 16.1. The van der Waals surface area contributed by atoms with Gasteiger partial charge < -0.3 is 47.4 Å². The zero-order valence-electron chi connectivity index (χ0n) is 62.4. The summed E-state index contributed by atoms with van der Waals surface area (Å²) in [7, 11) is 0. The lowest BCUT2D eigenvalue weighted by Gasteiger charge is -2.35. The molecule has 0 saturated carbocycles. The molecular weight excluding hydrogens is 1440 g/mol. The molecule has 2 saturated heterocycles. The fourth-order valence-electron chi connectivity index (χ4n) is 13.5. The van der Waals surface area contributed by atoms with Crippen LogP contribution in [-0.4, -0.2) is 134 Å². The third-order valence-corrected chi connectivity index (χ3v) is 19.5. The predicted molar refractivity (Wildman–Crippen MR) is 391 cm³/mol. The first-order valence-electron chi connectivity index (χ1n) is 35.9. The van der Waals surface area contributed by atoms with Crippen molar-refractivity contribution in [3.63, 3.8) is 0 Å². The van der Waals surface area contributed by atoms with Crippen LogP contribution in [0.25, 0.3) is 43.1 Å². The summed E-state index contributed by atoms with van der Waals surface area (Å²) in [6.45, 7) is 22.4. The molecule has 26 heteroatoms. The summed E-state index contributed by atoms with van der Waals surface area (Å²) in [5, 5.41) is -1.09. The van der Waals surface area contributed by atoms with Crippen molar-refractivity contribution in [2.75, 3.05) is 39.6 Å². The Morgan fingerprint density at radius 2 is 0.609 bits per heavy atom. The standard InChI is InChI=1S/C84H80F6N2O18/c1-79(2,3)43-13-21-47(22-14-43)107-59-33-53-65-54(74(96)91(73(53)95)57(37-83(85,86)87)77(99)101-31-29-63(93)105-41-51-39-103-51)35-61(109-49-25-17-45(18-26-49)81(7,8)9)69-70-62(110-50-27-19-46(20-28-50)82(10,11)12)36-56-66-55(34-60(68(72(66)70)67(59)71(65)69)108-48-23-15-44(16-24-48)80(4,5)6)75(97)92(76(56)98)58(38-84(88,89)90)78(100)102-32-30-64(94)106-42-52-40-104-52/h13-28,33-36,51-52,57-58H,29-32,37-42H2,1-12H3. The summed E-state index contributed by atoms with van der Waals surface area (Å²) in [5.74, 6) is -11.9. The number of halogens is 6. The minimum absolute atomic E-state index is 0.0802. The van der Waals surface area contributed by atoms with Crippen LogP contribution in [0.1, 0.15) is 172 Å². The van der Waals surface area contributed by atoms with Gasteiger partial charge in [0.15, 0.2) is 0 Å². The van der Waals surface area contributed by atoms with E-state index in [1.807, 2.05) is 83.1 Å². The molecule has 0 aliphatic carbocycles. The number of hydrogen-bond acceptors (Lipinski definition) is 18. The normalized spacial score (nSPS) is 16.5. The van der Waals surface area contributed by atoms with Gasteiger partial charge in [-0.25, -0.2) is 9.59 Å². The molecule has 0 aromatic heterocycles. The molecule has 4 unspecified atom stereocenters. The number of benzene rings is 9. The topological polar surface area (TPSA) is 242 Å². The van der Waals surface area contributed by atoms with Gasteiger partial charge in [0.1, 0.15) is 96.7 Å². The number of carbonyl (C=O) groups excluding carboxylic acids is 8. The summed E-state index contributed by atoms with van der Waals surface area (Å²) in [6.07, 6.45) is -16.8. The van der Waals surface area contributed by atoms with E-state index in [1.165, 1.54) is 0 Å². The summed E-state index contributed by atoms with van der Waals surface area (Å²) in [6, 6.07) is 26.2. The first-order chi connectivity index (χ1) is 51.6. The number of amides is 4. The van der Waals surface area contributed by atoms with Crippen molar-refractivity contribution in [3.8, 4) is 46.0 Å². The summed E-state index contributed by atoms with van der Waals surface area (Å²) in [4.78, 5) is 119. The van der Waals surface area contributed by atoms with Crippen LogP contribution in [0.4, 0.5) is 26.3 Å². The third-order valence-electron chi connectivity index (χ3n) is 19.5. The molecule has 20 nitrogen and oxygen atoms in total. The minimum Gasteiger partial charge on any atom is -0.464 e. The molecule has 4 aliphatic heterocycles. The summed E-state index contributed by atoms with van der Waals surface area (Å²) in [5.41, 5.74) is -0.466. The average Bonchev–Trinajstić information content (AvgIpc) is 0.888. The zero-order chi connectivity index (χ0) is 79.2. The second kappa shape index (κ2) is 28.9. The van der Waals surface area contributed by atoms with E-state index < -0.39 is 155 Å². The monoisotopic (exact) mass is 1520 g/mol. The Hall–Kier alpha value is -10.9. The Kier molecular flexibility index (Phi) is 20.3. The van der Waals surface area contributed by atoms with E-state index in [-0.39, 0.29) is 124 Å². The number of fused-ring (bicyclic) bond motifs is 2. The summed E-state index contributed by atoms with van der Waals surface area (Å²) >= 11 is 0. The van der Waals surface area contributed by atoms with Crippen molar-refractivity contribution >= 4 is 90.6 Å². The number of alkyl halides is 6. The Balaban J connectivity index is 1.14. The number of carbonyl (C=O) groups is 8. The number of epoxide rings is 2. The van der Waals surface area contributed by atoms with Crippen molar-refractivity contribution in [2.45, 2.75) is 167 Å². The third kappa shape index (κ3) is 16.2. The molecule has 0 N–H and O–H groups in total. The molecule has 110 heavy (non-hydrogen) atoms. The van der Waals surface area contributed by atoms with Gasteiger partial charge in [-0.2, -0.15) is 26.3 Å². The van der Waals surface area contributed by atoms with Gasteiger partial charge in [0.25, 0.3) is 23.6 Å². The Morgan fingerprint density at radius 1 is 0.373 bits per heavy atom. The van der Waals surface area contributed by atoms with E-state index in [4.69, 9.17) is 47.4 Å². The molecule has 4 aliphatic rings. The lowest BCUT2D eigenvalue weighted by Crippen LogP contribution is -2.52. The van der Waals surface area contributed by atoms with Gasteiger partial charge in [-0.05, 0) is 117 Å². The van der Waals surface area contributed by atoms with E-state index >= 15 is 45.5 Å². The van der Waals surface area contributed by atoms with Crippen molar-refractivity contribution in [3.05, 3.63) is 166 Å². The molecule has 4 heterocycles. The van der Waals surface area contributed by atoms with Crippen LogP contribution in [0, 0.1) is 0 Å². The first kappa shape index (κ1) is 77.3. The molecular formula is C84H80F6N2O18. The number of imide groups is 2. The fraction of sp³-hybridized carbons (Fsp3) is 0.381. The molecule has 0 spiro atoms. The van der Waals surface area contributed by atoms with Gasteiger partial charge in [-0.1, -0.05) is 132 Å². The molecule has 576 valence electrons. The SMILES string of the molecule is CC(C)(C)c1ccc(Oc2cc3c4c(cc(Oc5ccc(C(C)(C)C)cc5)c5c6c(Oc7ccc(C(C)(C)C)cc7)cc7c8c(cc(Oc9ccc(C(C)(C)C)cc9)c(c2c45)c86)C(=O)N(C(CC(F)(F)F)C(=O)OCCC(=O)OCC2CO2)C7=O)C(=O)N(C(CC(F)(F)F)C(=O)OCCC(=O)OCC2CO2)C3=O)cc1. The van der Waals surface area contributed by atoms with Gasteiger partial charge >= 0.3 is 36.2 Å². The van der Waals surface area contributed by atoms with Crippen molar-refractivity contribution in [2.24, 2.45) is 0 Å². The van der Waals surface area contributed by atoms with Crippen LogP contribution >= 0.6 is 0 Å². The Labute approximate surface area is 628 Å². The van der Waals surface area contributed by atoms with E-state index in [2.05, 4.69) is 0 Å². The van der Waals surface area contributed by atoms with E-state index in [0.29, 0.717) is 13.2 Å². The summed E-state index contributed by atoms with van der Waals surface area (Å²) < 4.78 is 151. The molecule has 4 amide bonds. The van der Waals surface area contributed by atoms with Crippen LogP contribution in [0.2, 0.25) is 0 Å². The fourth-order valence-corrected chi connectivity index (χ4v) is 13.5. The van der Waals surface area contributed by atoms with Crippen molar-refractivity contribution in [1.82, 2.24) is 9.80 Å². The largest absolute Gasteiger partial charge is 0.464 e. The van der Waals surface area contributed by atoms with Crippen LogP contribution in [-0.2, 0) is 69.3 Å². The Bertz CT molecular complexity index is 4600. The maximum Gasteiger partial charge on any atom is 0.391 e. The highest BCUT2D eigenvalue weighted by atomic mass is 19.4. The van der Waals surface area contributed by atoms with Gasteiger partial charge in [-0.3, -0.25) is 38.6 Å². The van der Waals surface area contributed by atoms with Crippen LogP contribution in [0.5, 0.6) is 46.0 Å².